The fourth-order valence-corrected chi connectivity index (χ4v) is 2.34. The Morgan fingerprint density at radius 2 is 1.74 bits per heavy atom. The van der Waals surface area contributed by atoms with Crippen molar-refractivity contribution in [3.63, 3.8) is 0 Å². The molecule has 118 valence electrons. The number of nitrogens with one attached hydrogen (secondary N) is 1. The first-order chi connectivity index (χ1) is 11.1. The zero-order valence-electron chi connectivity index (χ0n) is 12.8. The second-order valence-corrected chi connectivity index (χ2v) is 5.17. The lowest BCUT2D eigenvalue weighted by molar-refractivity contribution is -0.117. The highest BCUT2D eigenvalue weighted by Gasteiger charge is 2.27. The maximum absolute atomic E-state index is 11.6. The number of amides is 3. The molecule has 1 N–H and O–H groups in total. The number of rotatable bonds is 4. The van der Waals surface area contributed by atoms with E-state index in [1.54, 1.807) is 31.4 Å². The van der Waals surface area contributed by atoms with Gasteiger partial charge < -0.3 is 9.47 Å². The molecule has 0 bridgehead atoms. The number of hydrogen-bond donors (Lipinski definition) is 1. The second-order valence-electron chi connectivity index (χ2n) is 5.17. The summed E-state index contributed by atoms with van der Waals surface area (Å²) in [6.07, 6.45) is 0. The van der Waals surface area contributed by atoms with E-state index in [1.807, 2.05) is 25.1 Å². The minimum absolute atomic E-state index is 0.0359. The van der Waals surface area contributed by atoms with E-state index < -0.39 is 6.03 Å². The van der Waals surface area contributed by atoms with E-state index in [0.29, 0.717) is 17.2 Å². The van der Waals surface area contributed by atoms with Crippen LogP contribution in [0.15, 0.2) is 42.5 Å². The summed E-state index contributed by atoms with van der Waals surface area (Å²) in [6, 6.07) is 12.1. The van der Waals surface area contributed by atoms with Gasteiger partial charge in [0.2, 0.25) is 5.91 Å². The van der Waals surface area contributed by atoms with Gasteiger partial charge in [0.1, 0.15) is 23.8 Å². The number of nitrogens with zero attached hydrogens (tertiary/aromatic N) is 1. The molecule has 0 aromatic heterocycles. The first-order valence-corrected chi connectivity index (χ1v) is 7.11. The van der Waals surface area contributed by atoms with Crippen molar-refractivity contribution in [2.24, 2.45) is 0 Å². The molecular formula is C17H16N2O4. The Balaban J connectivity index is 1.75. The van der Waals surface area contributed by atoms with Crippen molar-refractivity contribution < 1.29 is 19.1 Å². The standard InChI is InChI=1S/C17H16N2O4/c1-11-3-6-14(9-15(11)22-2)23-13-7-4-12(5-8-13)19-10-16(20)18-17(19)21/h3-9H,10H2,1-2H3,(H,18,20,21). The molecule has 1 saturated heterocycles. The minimum atomic E-state index is -0.410. The lowest BCUT2D eigenvalue weighted by atomic mass is 10.2. The van der Waals surface area contributed by atoms with E-state index in [9.17, 15) is 9.59 Å². The monoisotopic (exact) mass is 312 g/mol. The number of imide groups is 1. The first-order valence-electron chi connectivity index (χ1n) is 7.11. The molecule has 1 aliphatic heterocycles. The number of carbonyl (C=O) groups excluding carboxylic acids is 2. The van der Waals surface area contributed by atoms with Gasteiger partial charge in [-0.1, -0.05) is 6.07 Å². The highest BCUT2D eigenvalue weighted by atomic mass is 16.5. The summed E-state index contributed by atoms with van der Waals surface area (Å²) in [4.78, 5) is 24.2. The van der Waals surface area contributed by atoms with E-state index in [-0.39, 0.29) is 12.5 Å². The van der Waals surface area contributed by atoms with Gasteiger partial charge in [-0.25, -0.2) is 4.79 Å². The Morgan fingerprint density at radius 1 is 1.04 bits per heavy atom. The summed E-state index contributed by atoms with van der Waals surface area (Å²) in [5.74, 6) is 1.74. The number of ether oxygens (including phenoxy) is 2. The quantitative estimate of drug-likeness (QED) is 0.882. The van der Waals surface area contributed by atoms with Gasteiger partial charge in [0, 0.05) is 11.8 Å². The molecule has 0 radical (unpaired) electrons. The molecule has 0 atom stereocenters. The van der Waals surface area contributed by atoms with Crippen LogP contribution in [0.2, 0.25) is 0 Å². The predicted octanol–water partition coefficient (Wildman–Crippen LogP) is 2.85. The lowest BCUT2D eigenvalue weighted by Gasteiger charge is -2.14. The Morgan fingerprint density at radius 3 is 2.35 bits per heavy atom. The van der Waals surface area contributed by atoms with E-state index in [2.05, 4.69) is 5.32 Å². The Labute approximate surface area is 133 Å². The fourth-order valence-electron chi connectivity index (χ4n) is 2.34. The fraction of sp³-hybridized carbons (Fsp3) is 0.176. The zero-order valence-corrected chi connectivity index (χ0v) is 12.8. The van der Waals surface area contributed by atoms with Gasteiger partial charge in [0.05, 0.1) is 7.11 Å². The van der Waals surface area contributed by atoms with Crippen LogP contribution in [0.25, 0.3) is 0 Å². The average Bonchev–Trinajstić information content (AvgIpc) is 2.88. The van der Waals surface area contributed by atoms with E-state index in [4.69, 9.17) is 9.47 Å². The second kappa shape index (κ2) is 6.00. The van der Waals surface area contributed by atoms with E-state index >= 15 is 0 Å². The van der Waals surface area contributed by atoms with Gasteiger partial charge in [-0.15, -0.1) is 0 Å². The summed E-state index contributed by atoms with van der Waals surface area (Å²) < 4.78 is 11.0. The van der Waals surface area contributed by atoms with Gasteiger partial charge in [-0.2, -0.15) is 0 Å². The topological polar surface area (TPSA) is 67.9 Å². The highest BCUT2D eigenvalue weighted by molar-refractivity contribution is 6.12. The van der Waals surface area contributed by atoms with Crippen molar-refractivity contribution in [1.82, 2.24) is 5.32 Å². The van der Waals surface area contributed by atoms with Crippen LogP contribution in [-0.2, 0) is 4.79 Å². The third-order valence-corrected chi connectivity index (χ3v) is 3.56. The molecule has 3 rings (SSSR count). The van der Waals surface area contributed by atoms with Gasteiger partial charge >= 0.3 is 6.03 Å². The molecule has 2 aromatic rings. The summed E-state index contributed by atoms with van der Waals surface area (Å²) in [5.41, 5.74) is 1.67. The first kappa shape index (κ1) is 14.9. The molecule has 1 heterocycles. The number of methoxy groups -OCH3 is 1. The summed E-state index contributed by atoms with van der Waals surface area (Å²) in [5, 5.41) is 2.24. The third-order valence-electron chi connectivity index (χ3n) is 3.56. The molecular weight excluding hydrogens is 296 g/mol. The van der Waals surface area contributed by atoms with Crippen molar-refractivity contribution in [3.8, 4) is 17.2 Å². The summed E-state index contributed by atoms with van der Waals surface area (Å²) in [7, 11) is 1.61. The maximum atomic E-state index is 11.6. The van der Waals surface area contributed by atoms with Crippen molar-refractivity contribution in [3.05, 3.63) is 48.0 Å². The molecule has 6 nitrogen and oxygen atoms in total. The molecule has 23 heavy (non-hydrogen) atoms. The van der Waals surface area contributed by atoms with Crippen molar-refractivity contribution in [2.75, 3.05) is 18.6 Å². The van der Waals surface area contributed by atoms with E-state index in [0.717, 1.165) is 11.3 Å². The van der Waals surface area contributed by atoms with Gasteiger partial charge in [0.15, 0.2) is 0 Å². The van der Waals surface area contributed by atoms with Gasteiger partial charge in [-0.3, -0.25) is 15.0 Å². The van der Waals surface area contributed by atoms with Crippen LogP contribution in [0.4, 0.5) is 10.5 Å². The van der Waals surface area contributed by atoms with Crippen LogP contribution < -0.4 is 19.7 Å². The number of urea groups is 1. The Bertz CT molecular complexity index is 756. The molecule has 3 amide bonds. The molecule has 0 saturated carbocycles. The van der Waals surface area contributed by atoms with Crippen molar-refractivity contribution in [1.29, 1.82) is 0 Å². The number of hydrogen-bond acceptors (Lipinski definition) is 4. The summed E-state index contributed by atoms with van der Waals surface area (Å²) >= 11 is 0. The van der Waals surface area contributed by atoms with Crippen LogP contribution in [0, 0.1) is 6.92 Å². The van der Waals surface area contributed by atoms with Crippen molar-refractivity contribution in [2.45, 2.75) is 6.92 Å². The van der Waals surface area contributed by atoms with E-state index in [1.165, 1.54) is 4.90 Å². The molecule has 0 spiro atoms. The molecule has 0 aliphatic carbocycles. The molecule has 6 heteroatoms. The smallest absolute Gasteiger partial charge is 0.329 e. The number of aryl methyl sites for hydroxylation is 1. The predicted molar refractivity (Wildman–Crippen MR) is 85.1 cm³/mol. The maximum Gasteiger partial charge on any atom is 0.329 e. The number of carbonyl (C=O) groups is 2. The number of anilines is 1. The molecule has 2 aromatic carbocycles. The average molecular weight is 312 g/mol. The lowest BCUT2D eigenvalue weighted by Crippen LogP contribution is -2.27. The Kier molecular flexibility index (Phi) is 3.89. The van der Waals surface area contributed by atoms with Crippen LogP contribution >= 0.6 is 0 Å². The van der Waals surface area contributed by atoms with Crippen LogP contribution in [0.1, 0.15) is 5.56 Å². The largest absolute Gasteiger partial charge is 0.496 e. The van der Waals surface area contributed by atoms with Crippen molar-refractivity contribution >= 4 is 17.6 Å². The van der Waals surface area contributed by atoms with Crippen LogP contribution in [-0.4, -0.2) is 25.6 Å². The van der Waals surface area contributed by atoms with Gasteiger partial charge in [-0.05, 0) is 42.8 Å². The Hall–Kier alpha value is -3.02. The molecule has 1 aliphatic rings. The van der Waals surface area contributed by atoms with Crippen LogP contribution in [0.3, 0.4) is 0 Å². The molecule has 1 fully saturated rings. The van der Waals surface area contributed by atoms with Gasteiger partial charge in [0.25, 0.3) is 0 Å². The molecule has 0 unspecified atom stereocenters. The van der Waals surface area contributed by atoms with Crippen LogP contribution in [0.5, 0.6) is 17.2 Å². The SMILES string of the molecule is COc1cc(Oc2ccc(N3CC(=O)NC3=O)cc2)ccc1C. The minimum Gasteiger partial charge on any atom is -0.496 e. The summed E-state index contributed by atoms with van der Waals surface area (Å²) in [6.45, 7) is 1.99. The normalized spacial score (nSPS) is 13.9. The number of benzene rings is 2. The zero-order chi connectivity index (χ0) is 16.4. The third kappa shape index (κ3) is 3.11. The highest BCUT2D eigenvalue weighted by Crippen LogP contribution is 2.29.